The average Bonchev–Trinajstić information content (AvgIpc) is 1.36. The van der Waals surface area contributed by atoms with Crippen LogP contribution in [0.25, 0.3) is 0 Å². The molecular formula is C2H9Na2O4P. The van der Waals surface area contributed by atoms with Crippen molar-refractivity contribution in [1.82, 2.24) is 0 Å². The second-order valence-corrected chi connectivity index (χ2v) is 1.54. The second-order valence-electron chi connectivity index (χ2n) is 0.513. The van der Waals surface area contributed by atoms with Crippen molar-refractivity contribution in [2.75, 3.05) is 0 Å². The third kappa shape index (κ3) is 177. The summed E-state index contributed by atoms with van der Waals surface area (Å²) in [7, 11) is -4.64. The van der Waals surface area contributed by atoms with E-state index in [0.29, 0.717) is 0 Å². The van der Waals surface area contributed by atoms with Gasteiger partial charge in [0.1, 0.15) is 0 Å². The Kier molecular flexibility index (Phi) is 31.2. The molecule has 0 amide bonds. The van der Waals surface area contributed by atoms with E-state index in [4.69, 9.17) is 19.2 Å². The van der Waals surface area contributed by atoms with Gasteiger partial charge in [-0.15, -0.1) is 13.2 Å². The third-order valence-corrected chi connectivity index (χ3v) is 0. The average molecular weight is 174 g/mol. The maximum absolute atomic E-state index is 8.88. The molecule has 0 atom stereocenters. The molecule has 0 bridgehead atoms. The van der Waals surface area contributed by atoms with Gasteiger partial charge >= 0.3 is 66.9 Å². The Morgan fingerprint density at radius 3 is 1.00 bits per heavy atom. The van der Waals surface area contributed by atoms with Crippen LogP contribution in [0.2, 0.25) is 0 Å². The van der Waals surface area contributed by atoms with Crippen LogP contribution in [0.4, 0.5) is 0 Å². The molecule has 0 saturated carbocycles. The predicted molar refractivity (Wildman–Crippen MR) is 39.8 cm³/mol. The molecule has 0 aromatic carbocycles. The van der Waals surface area contributed by atoms with E-state index in [9.17, 15) is 0 Å². The first kappa shape index (κ1) is 22.4. The molecule has 0 aliphatic heterocycles. The van der Waals surface area contributed by atoms with Crippen molar-refractivity contribution >= 4 is 66.9 Å². The number of hydrogen-bond acceptors (Lipinski definition) is 1. The van der Waals surface area contributed by atoms with E-state index < -0.39 is 7.82 Å². The van der Waals surface area contributed by atoms with Crippen LogP contribution in [0.15, 0.2) is 13.2 Å². The van der Waals surface area contributed by atoms with Crippen molar-refractivity contribution < 1.29 is 19.2 Å². The van der Waals surface area contributed by atoms with Gasteiger partial charge in [-0.05, 0) is 0 Å². The molecule has 0 saturated heterocycles. The van der Waals surface area contributed by atoms with Crippen molar-refractivity contribution in [1.29, 1.82) is 0 Å². The Balaban J connectivity index is -0.0000000286. The quantitative estimate of drug-likeness (QED) is 0.239. The van der Waals surface area contributed by atoms with Crippen LogP contribution >= 0.6 is 7.82 Å². The summed E-state index contributed by atoms with van der Waals surface area (Å²) in [6.45, 7) is 6.00. The van der Waals surface area contributed by atoms with Gasteiger partial charge in [-0.3, -0.25) is 0 Å². The van der Waals surface area contributed by atoms with Gasteiger partial charge in [-0.25, -0.2) is 4.57 Å². The molecule has 0 aromatic rings. The molecule has 0 spiro atoms. The molecule has 0 unspecified atom stereocenters. The number of rotatable bonds is 0. The molecule has 3 N–H and O–H groups in total. The van der Waals surface area contributed by atoms with E-state index in [2.05, 4.69) is 13.2 Å². The second kappa shape index (κ2) is 12.5. The zero-order valence-electron chi connectivity index (χ0n) is 3.61. The molecule has 0 heterocycles. The van der Waals surface area contributed by atoms with Crippen LogP contribution in [-0.4, -0.2) is 73.8 Å². The first-order valence-corrected chi connectivity index (χ1v) is 2.85. The summed E-state index contributed by atoms with van der Waals surface area (Å²) in [5.41, 5.74) is 0. The minimum absolute atomic E-state index is 0. The van der Waals surface area contributed by atoms with E-state index in [0.717, 1.165) is 0 Å². The van der Waals surface area contributed by atoms with Crippen LogP contribution in [0.1, 0.15) is 0 Å². The monoisotopic (exact) mass is 174 g/mol. The molecule has 4 nitrogen and oxygen atoms in total. The predicted octanol–water partition coefficient (Wildman–Crippen LogP) is -1.42. The molecule has 0 aliphatic carbocycles. The zero-order chi connectivity index (χ0) is 6.50. The molecule has 0 fully saturated rings. The molecule has 48 valence electrons. The van der Waals surface area contributed by atoms with Crippen molar-refractivity contribution in [2.45, 2.75) is 0 Å². The standard InChI is InChI=1S/C2H4.2Na.H3O4P.2H/c1-2;;;1-5(2,3)4;;/h1-2H2;;;(H3,1,2,3,4);;. The van der Waals surface area contributed by atoms with Crippen LogP contribution in [-0.2, 0) is 4.57 Å². The zero-order valence-corrected chi connectivity index (χ0v) is 4.51. The van der Waals surface area contributed by atoms with Gasteiger partial charge in [0.15, 0.2) is 0 Å². The Labute approximate surface area is 98.2 Å². The summed E-state index contributed by atoms with van der Waals surface area (Å²) in [6, 6.07) is 0. The SMILES string of the molecule is C=C.O=P(O)(O)O.[NaH].[NaH]. The number of hydrogen-bond donors (Lipinski definition) is 3. The van der Waals surface area contributed by atoms with Crippen molar-refractivity contribution in [2.24, 2.45) is 0 Å². The van der Waals surface area contributed by atoms with Gasteiger partial charge in [0.05, 0.1) is 0 Å². The van der Waals surface area contributed by atoms with E-state index in [1.165, 1.54) is 0 Å². The fourth-order valence-electron chi connectivity index (χ4n) is 0. The summed E-state index contributed by atoms with van der Waals surface area (Å²) in [5.74, 6) is 0. The molecular weight excluding hydrogens is 165 g/mol. The van der Waals surface area contributed by atoms with Gasteiger partial charge in [0, 0.05) is 0 Å². The fourth-order valence-corrected chi connectivity index (χ4v) is 0. The molecule has 9 heavy (non-hydrogen) atoms. The number of phosphoric acid groups is 1. The van der Waals surface area contributed by atoms with E-state index in [1.54, 1.807) is 0 Å². The van der Waals surface area contributed by atoms with Gasteiger partial charge in [-0.1, -0.05) is 0 Å². The van der Waals surface area contributed by atoms with Gasteiger partial charge < -0.3 is 14.7 Å². The summed E-state index contributed by atoms with van der Waals surface area (Å²) < 4.78 is 8.88. The van der Waals surface area contributed by atoms with E-state index >= 15 is 0 Å². The van der Waals surface area contributed by atoms with Gasteiger partial charge in [0.2, 0.25) is 0 Å². The first-order chi connectivity index (χ1) is 3.00. The topological polar surface area (TPSA) is 77.8 Å². The van der Waals surface area contributed by atoms with Crippen LogP contribution in [0.3, 0.4) is 0 Å². The molecule has 0 radical (unpaired) electrons. The molecule has 7 heteroatoms. The van der Waals surface area contributed by atoms with E-state index in [1.807, 2.05) is 0 Å². The van der Waals surface area contributed by atoms with Crippen molar-refractivity contribution in [3.05, 3.63) is 13.2 Å². The summed E-state index contributed by atoms with van der Waals surface area (Å²) >= 11 is 0. The summed E-state index contributed by atoms with van der Waals surface area (Å²) in [5, 5.41) is 0. The van der Waals surface area contributed by atoms with Crippen LogP contribution < -0.4 is 0 Å². The Morgan fingerprint density at radius 1 is 1.00 bits per heavy atom. The van der Waals surface area contributed by atoms with Crippen molar-refractivity contribution in [3.8, 4) is 0 Å². The minimum atomic E-state index is -4.64. The van der Waals surface area contributed by atoms with E-state index in [-0.39, 0.29) is 59.1 Å². The van der Waals surface area contributed by atoms with Crippen LogP contribution in [0.5, 0.6) is 0 Å². The first-order valence-electron chi connectivity index (χ1n) is 1.28. The normalized spacial score (nSPS) is 7.00. The molecule has 0 rings (SSSR count). The van der Waals surface area contributed by atoms with Gasteiger partial charge in [0.25, 0.3) is 0 Å². The van der Waals surface area contributed by atoms with Gasteiger partial charge in [-0.2, -0.15) is 0 Å². The van der Waals surface area contributed by atoms with Crippen LogP contribution in [0, 0.1) is 0 Å². The third-order valence-electron chi connectivity index (χ3n) is 0. The summed E-state index contributed by atoms with van der Waals surface area (Å²) in [6.07, 6.45) is 0. The Hall–Kier alpha value is 1.85. The molecule has 0 aliphatic rings. The maximum atomic E-state index is 8.88. The Bertz CT molecular complexity index is 72.4. The fraction of sp³-hybridized carbons (Fsp3) is 0. The molecule has 0 aromatic heterocycles. The Morgan fingerprint density at radius 2 is 1.00 bits per heavy atom. The summed E-state index contributed by atoms with van der Waals surface area (Å²) in [4.78, 5) is 21.6. The van der Waals surface area contributed by atoms with Crippen molar-refractivity contribution in [3.63, 3.8) is 0 Å².